The Bertz CT molecular complexity index is 980. The van der Waals surface area contributed by atoms with Gasteiger partial charge in [-0.2, -0.15) is 5.10 Å². The van der Waals surface area contributed by atoms with E-state index in [4.69, 9.17) is 0 Å². The summed E-state index contributed by atoms with van der Waals surface area (Å²) < 4.78 is 1.73. The molecule has 0 aliphatic carbocycles. The summed E-state index contributed by atoms with van der Waals surface area (Å²) in [6, 6.07) is 17.5. The van der Waals surface area contributed by atoms with Crippen molar-refractivity contribution in [3.8, 4) is 5.69 Å². The Morgan fingerprint density at radius 3 is 2.75 bits per heavy atom. The van der Waals surface area contributed by atoms with E-state index in [2.05, 4.69) is 10.4 Å². The molecule has 1 aliphatic heterocycles. The maximum absolute atomic E-state index is 12.7. The van der Waals surface area contributed by atoms with Crippen molar-refractivity contribution in [2.45, 2.75) is 19.9 Å². The van der Waals surface area contributed by atoms with Crippen LogP contribution in [0.25, 0.3) is 5.69 Å². The van der Waals surface area contributed by atoms with E-state index >= 15 is 0 Å². The van der Waals surface area contributed by atoms with Gasteiger partial charge in [0.2, 0.25) is 11.8 Å². The lowest BCUT2D eigenvalue weighted by atomic mass is 10.1. The van der Waals surface area contributed by atoms with E-state index in [1.54, 1.807) is 15.8 Å². The molecule has 1 saturated heterocycles. The minimum absolute atomic E-state index is 0.0195. The second-order valence-corrected chi connectivity index (χ2v) is 7.15. The van der Waals surface area contributed by atoms with Crippen molar-refractivity contribution in [1.29, 1.82) is 0 Å². The molecule has 6 heteroatoms. The van der Waals surface area contributed by atoms with Crippen molar-refractivity contribution < 1.29 is 9.59 Å². The van der Waals surface area contributed by atoms with Gasteiger partial charge in [-0.3, -0.25) is 9.59 Å². The fourth-order valence-electron chi connectivity index (χ4n) is 3.41. The molecule has 142 valence electrons. The minimum atomic E-state index is -0.341. The molecule has 0 unspecified atom stereocenters. The van der Waals surface area contributed by atoms with Crippen LogP contribution in [0.3, 0.4) is 0 Å². The highest BCUT2D eigenvalue weighted by atomic mass is 16.2. The number of benzene rings is 2. The second-order valence-electron chi connectivity index (χ2n) is 7.15. The molecule has 0 radical (unpaired) electrons. The molecule has 6 nitrogen and oxygen atoms in total. The molecule has 3 aromatic rings. The zero-order valence-electron chi connectivity index (χ0n) is 15.7. The van der Waals surface area contributed by atoms with Crippen LogP contribution in [0.1, 0.15) is 17.5 Å². The summed E-state index contributed by atoms with van der Waals surface area (Å²) >= 11 is 0. The number of aryl methyl sites for hydroxylation is 1. The predicted molar refractivity (Wildman–Crippen MR) is 107 cm³/mol. The molecule has 1 aromatic heterocycles. The Labute approximate surface area is 163 Å². The standard InChI is InChI=1S/C22H22N4O2/c1-16-6-8-17(9-7-16)14-25-15-18(12-21(25)27)22(28)24-19-4-2-5-20(13-19)26-11-3-10-23-26/h2-11,13,18H,12,14-15H2,1H3,(H,24,28)/t18-/m0/s1. The second kappa shape index (κ2) is 7.68. The lowest BCUT2D eigenvalue weighted by Crippen LogP contribution is -2.28. The number of nitrogens with zero attached hydrogens (tertiary/aromatic N) is 3. The number of likely N-dealkylation sites (tertiary alicyclic amines) is 1. The van der Waals surface area contributed by atoms with Crippen LogP contribution in [0.5, 0.6) is 0 Å². The molecule has 0 bridgehead atoms. The third-order valence-electron chi connectivity index (χ3n) is 4.96. The van der Waals surface area contributed by atoms with Crippen molar-refractivity contribution in [2.24, 2.45) is 5.92 Å². The summed E-state index contributed by atoms with van der Waals surface area (Å²) in [5.41, 5.74) is 3.83. The van der Waals surface area contributed by atoms with Crippen LogP contribution < -0.4 is 5.32 Å². The first-order valence-corrected chi connectivity index (χ1v) is 9.33. The number of carbonyl (C=O) groups excluding carboxylic acids is 2. The molecule has 4 rings (SSSR count). The topological polar surface area (TPSA) is 67.2 Å². The molecule has 0 saturated carbocycles. The maximum atomic E-state index is 12.7. The number of carbonyl (C=O) groups is 2. The van der Waals surface area contributed by atoms with Crippen LogP contribution in [0.2, 0.25) is 0 Å². The highest BCUT2D eigenvalue weighted by Gasteiger charge is 2.34. The molecule has 2 aromatic carbocycles. The molecular formula is C22H22N4O2. The highest BCUT2D eigenvalue weighted by molar-refractivity contribution is 5.97. The monoisotopic (exact) mass is 374 g/mol. The molecule has 1 N–H and O–H groups in total. The maximum Gasteiger partial charge on any atom is 0.229 e. The third kappa shape index (κ3) is 3.96. The fourth-order valence-corrected chi connectivity index (χ4v) is 3.41. The minimum Gasteiger partial charge on any atom is -0.338 e. The van der Waals surface area contributed by atoms with Crippen LogP contribution in [0, 0.1) is 12.8 Å². The average Bonchev–Trinajstić information content (AvgIpc) is 3.34. The number of nitrogens with one attached hydrogen (secondary N) is 1. The van der Waals surface area contributed by atoms with Crippen molar-refractivity contribution in [3.05, 3.63) is 78.1 Å². The summed E-state index contributed by atoms with van der Waals surface area (Å²) in [6.07, 6.45) is 3.80. The summed E-state index contributed by atoms with van der Waals surface area (Å²) in [6.45, 7) is 3.02. The van der Waals surface area contributed by atoms with Crippen LogP contribution in [-0.4, -0.2) is 33.0 Å². The average molecular weight is 374 g/mol. The van der Waals surface area contributed by atoms with Gasteiger partial charge in [-0.15, -0.1) is 0 Å². The van der Waals surface area contributed by atoms with Gasteiger partial charge in [-0.05, 0) is 36.8 Å². The lowest BCUT2D eigenvalue weighted by Gasteiger charge is -2.17. The first-order chi connectivity index (χ1) is 13.6. The van der Waals surface area contributed by atoms with E-state index in [1.165, 1.54) is 5.56 Å². The van der Waals surface area contributed by atoms with Crippen LogP contribution in [-0.2, 0) is 16.1 Å². The fraction of sp³-hybridized carbons (Fsp3) is 0.227. The van der Waals surface area contributed by atoms with Gasteiger partial charge < -0.3 is 10.2 Å². The Morgan fingerprint density at radius 1 is 1.18 bits per heavy atom. The van der Waals surface area contributed by atoms with Crippen molar-refractivity contribution in [3.63, 3.8) is 0 Å². The van der Waals surface area contributed by atoms with Gasteiger partial charge in [-0.1, -0.05) is 35.9 Å². The molecule has 28 heavy (non-hydrogen) atoms. The summed E-state index contributed by atoms with van der Waals surface area (Å²) in [5, 5.41) is 7.14. The molecule has 1 atom stereocenters. The van der Waals surface area contributed by atoms with E-state index in [0.717, 1.165) is 11.3 Å². The van der Waals surface area contributed by atoms with Crippen molar-refractivity contribution in [1.82, 2.24) is 14.7 Å². The summed E-state index contributed by atoms with van der Waals surface area (Å²) in [5.74, 6) is -0.449. The van der Waals surface area contributed by atoms with Crippen LogP contribution in [0.4, 0.5) is 5.69 Å². The van der Waals surface area contributed by atoms with E-state index in [1.807, 2.05) is 67.7 Å². The van der Waals surface area contributed by atoms with Crippen LogP contribution in [0.15, 0.2) is 67.0 Å². The predicted octanol–water partition coefficient (Wildman–Crippen LogP) is 3.17. The Morgan fingerprint density at radius 2 is 2.00 bits per heavy atom. The first-order valence-electron chi connectivity index (χ1n) is 9.33. The van der Waals surface area contributed by atoms with Crippen molar-refractivity contribution in [2.75, 3.05) is 11.9 Å². The van der Waals surface area contributed by atoms with Gasteiger partial charge in [0.25, 0.3) is 0 Å². The van der Waals surface area contributed by atoms with E-state index in [0.29, 0.717) is 18.8 Å². The Kier molecular flexibility index (Phi) is 4.93. The number of rotatable bonds is 5. The summed E-state index contributed by atoms with van der Waals surface area (Å²) in [4.78, 5) is 26.8. The highest BCUT2D eigenvalue weighted by Crippen LogP contribution is 2.23. The van der Waals surface area contributed by atoms with E-state index in [-0.39, 0.29) is 24.2 Å². The molecule has 0 spiro atoms. The molecule has 1 fully saturated rings. The number of anilines is 1. The van der Waals surface area contributed by atoms with Gasteiger partial charge in [0.1, 0.15) is 0 Å². The number of amides is 2. The largest absolute Gasteiger partial charge is 0.338 e. The van der Waals surface area contributed by atoms with E-state index in [9.17, 15) is 9.59 Å². The molecule has 2 amide bonds. The van der Waals surface area contributed by atoms with E-state index < -0.39 is 0 Å². The molecule has 1 aliphatic rings. The number of aromatic nitrogens is 2. The smallest absolute Gasteiger partial charge is 0.229 e. The summed E-state index contributed by atoms with van der Waals surface area (Å²) in [7, 11) is 0. The molecule has 2 heterocycles. The van der Waals surface area contributed by atoms with Gasteiger partial charge in [0.05, 0.1) is 11.6 Å². The normalized spacial score (nSPS) is 16.4. The molecular weight excluding hydrogens is 352 g/mol. The van der Waals surface area contributed by atoms with Gasteiger partial charge in [0.15, 0.2) is 0 Å². The number of hydrogen-bond donors (Lipinski definition) is 1. The Hall–Kier alpha value is -3.41. The Balaban J connectivity index is 1.40. The SMILES string of the molecule is Cc1ccc(CN2C[C@@H](C(=O)Nc3cccc(-n4cccn4)c3)CC2=O)cc1. The zero-order chi connectivity index (χ0) is 19.5. The lowest BCUT2D eigenvalue weighted by molar-refractivity contribution is -0.128. The van der Waals surface area contributed by atoms with Crippen molar-refractivity contribution >= 4 is 17.5 Å². The van der Waals surface area contributed by atoms with Crippen LogP contribution >= 0.6 is 0 Å². The van der Waals surface area contributed by atoms with Gasteiger partial charge in [0, 0.05) is 37.6 Å². The number of hydrogen-bond acceptors (Lipinski definition) is 3. The van der Waals surface area contributed by atoms with Gasteiger partial charge >= 0.3 is 0 Å². The zero-order valence-corrected chi connectivity index (χ0v) is 15.7. The third-order valence-corrected chi connectivity index (χ3v) is 4.96. The quantitative estimate of drug-likeness (QED) is 0.746. The first kappa shape index (κ1) is 18.0. The van der Waals surface area contributed by atoms with Gasteiger partial charge in [-0.25, -0.2) is 4.68 Å².